The van der Waals surface area contributed by atoms with Crippen LogP contribution in [-0.4, -0.2) is 49.6 Å². The first-order valence-electron chi connectivity index (χ1n) is 7.05. The first-order valence-corrected chi connectivity index (χ1v) is 7.05. The Hall–Kier alpha value is -0.610. The summed E-state index contributed by atoms with van der Waals surface area (Å²) in [5.74, 6) is 0.571. The molecule has 0 saturated heterocycles. The maximum Gasteiger partial charge on any atom is 0.234 e. The van der Waals surface area contributed by atoms with Crippen LogP contribution in [0.5, 0.6) is 0 Å². The molecule has 0 aromatic carbocycles. The molecule has 0 spiro atoms. The van der Waals surface area contributed by atoms with Crippen LogP contribution in [0.1, 0.15) is 41.0 Å². The van der Waals surface area contributed by atoms with Crippen molar-refractivity contribution in [3.8, 4) is 0 Å². The van der Waals surface area contributed by atoms with Gasteiger partial charge in [0, 0.05) is 12.1 Å². The Kier molecular flexibility index (Phi) is 9.02. The van der Waals surface area contributed by atoms with Gasteiger partial charge in [0.2, 0.25) is 5.91 Å². The largest absolute Gasteiger partial charge is 0.352 e. The SMILES string of the molecule is CC(C)C(C)NC(=O)CNCCCN(C)C(C)C. The average molecular weight is 257 g/mol. The van der Waals surface area contributed by atoms with Gasteiger partial charge in [-0.1, -0.05) is 13.8 Å². The predicted molar refractivity (Wildman–Crippen MR) is 77.7 cm³/mol. The van der Waals surface area contributed by atoms with Crippen molar-refractivity contribution in [1.82, 2.24) is 15.5 Å². The van der Waals surface area contributed by atoms with E-state index in [0.717, 1.165) is 19.5 Å². The van der Waals surface area contributed by atoms with Gasteiger partial charge in [-0.3, -0.25) is 4.79 Å². The van der Waals surface area contributed by atoms with E-state index in [1.54, 1.807) is 0 Å². The topological polar surface area (TPSA) is 44.4 Å². The van der Waals surface area contributed by atoms with Crippen LogP contribution in [0, 0.1) is 5.92 Å². The van der Waals surface area contributed by atoms with Crippen molar-refractivity contribution in [1.29, 1.82) is 0 Å². The van der Waals surface area contributed by atoms with E-state index in [4.69, 9.17) is 0 Å². The molecule has 0 aromatic heterocycles. The fourth-order valence-corrected chi connectivity index (χ4v) is 1.39. The average Bonchev–Trinajstić information content (AvgIpc) is 2.27. The van der Waals surface area contributed by atoms with Crippen LogP contribution in [0.25, 0.3) is 0 Å². The highest BCUT2D eigenvalue weighted by Crippen LogP contribution is 1.98. The summed E-state index contributed by atoms with van der Waals surface area (Å²) in [7, 11) is 2.13. The number of hydrogen-bond donors (Lipinski definition) is 2. The van der Waals surface area contributed by atoms with Crippen LogP contribution in [-0.2, 0) is 4.79 Å². The predicted octanol–water partition coefficient (Wildman–Crippen LogP) is 1.47. The molecule has 108 valence electrons. The van der Waals surface area contributed by atoms with Crippen molar-refractivity contribution in [2.75, 3.05) is 26.7 Å². The van der Waals surface area contributed by atoms with Crippen molar-refractivity contribution >= 4 is 5.91 Å². The van der Waals surface area contributed by atoms with Crippen LogP contribution < -0.4 is 10.6 Å². The van der Waals surface area contributed by atoms with Gasteiger partial charge < -0.3 is 15.5 Å². The second-order valence-electron chi connectivity index (χ2n) is 5.70. The third kappa shape index (κ3) is 8.48. The highest BCUT2D eigenvalue weighted by atomic mass is 16.1. The monoisotopic (exact) mass is 257 g/mol. The summed E-state index contributed by atoms with van der Waals surface area (Å²) in [6.45, 7) is 13.0. The van der Waals surface area contributed by atoms with E-state index in [0.29, 0.717) is 18.5 Å². The van der Waals surface area contributed by atoms with Crippen molar-refractivity contribution in [2.24, 2.45) is 5.92 Å². The van der Waals surface area contributed by atoms with Gasteiger partial charge in [-0.2, -0.15) is 0 Å². The van der Waals surface area contributed by atoms with Crippen LogP contribution in [0.2, 0.25) is 0 Å². The van der Waals surface area contributed by atoms with Gasteiger partial charge in [-0.05, 0) is 53.2 Å². The molecule has 1 atom stereocenters. The summed E-state index contributed by atoms with van der Waals surface area (Å²) in [5, 5.41) is 6.17. The zero-order chi connectivity index (χ0) is 14.1. The van der Waals surface area contributed by atoms with Gasteiger partial charge in [0.15, 0.2) is 0 Å². The molecule has 0 fully saturated rings. The van der Waals surface area contributed by atoms with E-state index in [1.807, 2.05) is 6.92 Å². The maximum atomic E-state index is 11.6. The number of nitrogens with one attached hydrogen (secondary N) is 2. The van der Waals surface area contributed by atoms with Crippen LogP contribution >= 0.6 is 0 Å². The number of amides is 1. The zero-order valence-corrected chi connectivity index (χ0v) is 12.9. The van der Waals surface area contributed by atoms with E-state index in [1.165, 1.54) is 0 Å². The molecule has 0 aromatic rings. The Balaban J connectivity index is 3.52. The number of carbonyl (C=O) groups is 1. The van der Waals surface area contributed by atoms with Crippen molar-refractivity contribution in [2.45, 2.75) is 53.1 Å². The summed E-state index contributed by atoms with van der Waals surface area (Å²) < 4.78 is 0. The molecule has 0 rings (SSSR count). The summed E-state index contributed by atoms with van der Waals surface area (Å²) >= 11 is 0. The number of nitrogens with zero attached hydrogens (tertiary/aromatic N) is 1. The standard InChI is InChI=1S/C14H31N3O/c1-11(2)13(5)16-14(18)10-15-8-7-9-17(6)12(3)4/h11-13,15H,7-10H2,1-6H3,(H,16,18). The highest BCUT2D eigenvalue weighted by Gasteiger charge is 2.09. The fourth-order valence-electron chi connectivity index (χ4n) is 1.39. The van der Waals surface area contributed by atoms with Gasteiger partial charge in [0.1, 0.15) is 0 Å². The lowest BCUT2D eigenvalue weighted by Crippen LogP contribution is -2.41. The van der Waals surface area contributed by atoms with E-state index in [-0.39, 0.29) is 11.9 Å². The molecule has 0 bridgehead atoms. The molecule has 1 unspecified atom stereocenters. The van der Waals surface area contributed by atoms with Gasteiger partial charge in [0.05, 0.1) is 6.54 Å². The molecule has 1 amide bonds. The van der Waals surface area contributed by atoms with Gasteiger partial charge >= 0.3 is 0 Å². The zero-order valence-electron chi connectivity index (χ0n) is 12.9. The van der Waals surface area contributed by atoms with Crippen molar-refractivity contribution < 1.29 is 4.79 Å². The van der Waals surface area contributed by atoms with E-state index < -0.39 is 0 Å². The lowest BCUT2D eigenvalue weighted by Gasteiger charge is -2.21. The maximum absolute atomic E-state index is 11.6. The molecule has 0 aliphatic carbocycles. The summed E-state index contributed by atoms with van der Waals surface area (Å²) in [5.41, 5.74) is 0. The molecule has 0 aliphatic rings. The Morgan fingerprint density at radius 2 is 1.78 bits per heavy atom. The quantitative estimate of drug-likeness (QED) is 0.615. The molecule has 0 heterocycles. The molecular weight excluding hydrogens is 226 g/mol. The summed E-state index contributed by atoms with van der Waals surface area (Å²) in [6, 6.07) is 0.826. The minimum absolute atomic E-state index is 0.0911. The minimum Gasteiger partial charge on any atom is -0.352 e. The molecule has 4 nitrogen and oxygen atoms in total. The second-order valence-corrected chi connectivity index (χ2v) is 5.70. The van der Waals surface area contributed by atoms with E-state index >= 15 is 0 Å². The highest BCUT2D eigenvalue weighted by molar-refractivity contribution is 5.78. The van der Waals surface area contributed by atoms with E-state index in [9.17, 15) is 4.79 Å². The number of hydrogen-bond acceptors (Lipinski definition) is 3. The normalized spacial score (nSPS) is 13.4. The summed E-state index contributed by atoms with van der Waals surface area (Å²) in [6.07, 6.45) is 1.07. The second kappa shape index (κ2) is 9.34. The van der Waals surface area contributed by atoms with Gasteiger partial charge in [-0.25, -0.2) is 0 Å². The molecule has 0 radical (unpaired) electrons. The van der Waals surface area contributed by atoms with Crippen molar-refractivity contribution in [3.05, 3.63) is 0 Å². The lowest BCUT2D eigenvalue weighted by atomic mass is 10.1. The third-order valence-corrected chi connectivity index (χ3v) is 3.42. The molecule has 0 aliphatic heterocycles. The molecular formula is C14H31N3O. The molecule has 0 saturated carbocycles. The Morgan fingerprint density at radius 3 is 2.28 bits per heavy atom. The van der Waals surface area contributed by atoms with Crippen LogP contribution in [0.15, 0.2) is 0 Å². The van der Waals surface area contributed by atoms with Gasteiger partial charge in [-0.15, -0.1) is 0 Å². The fraction of sp³-hybridized carbons (Fsp3) is 0.929. The Morgan fingerprint density at radius 1 is 1.17 bits per heavy atom. The molecule has 4 heteroatoms. The smallest absolute Gasteiger partial charge is 0.234 e. The third-order valence-electron chi connectivity index (χ3n) is 3.42. The van der Waals surface area contributed by atoms with Crippen molar-refractivity contribution in [3.63, 3.8) is 0 Å². The summed E-state index contributed by atoms with van der Waals surface area (Å²) in [4.78, 5) is 13.9. The Labute approximate surface area is 113 Å². The first-order chi connectivity index (χ1) is 8.34. The van der Waals surface area contributed by atoms with Crippen LogP contribution in [0.3, 0.4) is 0 Å². The molecule has 2 N–H and O–H groups in total. The van der Waals surface area contributed by atoms with Crippen LogP contribution in [0.4, 0.5) is 0 Å². The Bertz CT molecular complexity index is 229. The number of carbonyl (C=O) groups excluding carboxylic acids is 1. The lowest BCUT2D eigenvalue weighted by molar-refractivity contribution is -0.121. The molecule has 18 heavy (non-hydrogen) atoms. The minimum atomic E-state index is 0.0911. The number of rotatable bonds is 9. The first kappa shape index (κ1) is 17.4. The van der Waals surface area contributed by atoms with E-state index in [2.05, 4.69) is 50.3 Å². The van der Waals surface area contributed by atoms with Gasteiger partial charge in [0.25, 0.3) is 0 Å².